The molecule has 52 valence electrons. The molecule has 0 spiro atoms. The van der Waals surface area contributed by atoms with Crippen molar-refractivity contribution in [3.8, 4) is 0 Å². The number of amides is 1. The number of halogens is 1. The zero-order valence-electron chi connectivity index (χ0n) is 5.27. The summed E-state index contributed by atoms with van der Waals surface area (Å²) in [6.07, 6.45) is 0. The van der Waals surface area contributed by atoms with Gasteiger partial charge in [0.2, 0.25) is 5.91 Å². The lowest BCUT2D eigenvalue weighted by molar-refractivity contribution is -0.127. The van der Waals surface area contributed by atoms with Crippen LogP contribution in [-0.4, -0.2) is 29.8 Å². The maximum atomic E-state index is 10.7. The zero-order valence-corrected chi connectivity index (χ0v) is 6.02. The highest BCUT2D eigenvalue weighted by molar-refractivity contribution is 6.27. The van der Waals surface area contributed by atoms with Gasteiger partial charge in [0.1, 0.15) is 5.88 Å². The predicted molar refractivity (Wildman–Crippen MR) is 38.0 cm³/mol. The van der Waals surface area contributed by atoms with Crippen LogP contribution in [0.4, 0.5) is 0 Å². The first kappa shape index (κ1) is 8.63. The Morgan fingerprint density at radius 2 is 2.33 bits per heavy atom. The van der Waals surface area contributed by atoms with Gasteiger partial charge in [-0.25, -0.2) is 0 Å². The molecular weight excluding hydrogens is 138 g/mol. The van der Waals surface area contributed by atoms with Gasteiger partial charge in [0.25, 0.3) is 0 Å². The second-order valence-electron chi connectivity index (χ2n) is 1.51. The Bertz CT molecular complexity index is 91.1. The lowest BCUT2D eigenvalue weighted by Crippen LogP contribution is -2.31. The van der Waals surface area contributed by atoms with Gasteiger partial charge in [0.05, 0.1) is 6.92 Å². The number of alkyl halides is 1. The minimum absolute atomic E-state index is 0.0189. The first-order valence-corrected chi connectivity index (χ1v) is 3.22. The van der Waals surface area contributed by atoms with Gasteiger partial charge in [-0.15, -0.1) is 18.1 Å². The van der Waals surface area contributed by atoms with E-state index in [1.54, 1.807) is 0 Å². The topological polar surface area (TPSA) is 20.3 Å². The van der Waals surface area contributed by atoms with Crippen LogP contribution in [0, 0.1) is 13.8 Å². The van der Waals surface area contributed by atoms with Crippen LogP contribution < -0.4 is 0 Å². The van der Waals surface area contributed by atoms with E-state index in [1.807, 2.05) is 0 Å². The molecule has 0 aromatic heterocycles. The number of rotatable bonds is 3. The number of hydrogen-bond acceptors (Lipinski definition) is 1. The monoisotopic (exact) mass is 147 g/mol. The molecule has 0 bridgehead atoms. The molecule has 0 aliphatic carbocycles. The number of carbonyl (C=O) groups excluding carboxylic acids is 1. The van der Waals surface area contributed by atoms with Crippen LogP contribution in [0.3, 0.4) is 0 Å². The summed E-state index contributed by atoms with van der Waals surface area (Å²) in [6, 6.07) is 0. The molecule has 9 heavy (non-hydrogen) atoms. The number of carbonyl (C=O) groups is 1. The number of nitrogens with zero attached hydrogens (tertiary/aromatic N) is 1. The Labute approximate surface area is 60.8 Å². The molecule has 0 aromatic carbocycles. The summed E-state index contributed by atoms with van der Waals surface area (Å²) >= 11 is 5.26. The summed E-state index contributed by atoms with van der Waals surface area (Å²) in [5.74, 6) is -0.0907. The summed E-state index contributed by atoms with van der Waals surface area (Å²) < 4.78 is 0. The molecule has 2 nitrogen and oxygen atoms in total. The van der Waals surface area contributed by atoms with Gasteiger partial charge in [-0.3, -0.25) is 4.79 Å². The van der Waals surface area contributed by atoms with Gasteiger partial charge < -0.3 is 11.8 Å². The normalized spacial score (nSPS) is 9.11. The third kappa shape index (κ3) is 2.61. The lowest BCUT2D eigenvalue weighted by Gasteiger charge is -2.16. The first-order chi connectivity index (χ1) is 4.26. The average Bonchev–Trinajstić information content (AvgIpc) is 1.90. The molecule has 0 aliphatic rings. The second kappa shape index (κ2) is 4.50. The Kier molecular flexibility index (Phi) is 4.32. The molecule has 3 heteroatoms. The van der Waals surface area contributed by atoms with E-state index >= 15 is 0 Å². The van der Waals surface area contributed by atoms with Crippen LogP contribution in [0.25, 0.3) is 0 Å². The van der Waals surface area contributed by atoms with Crippen molar-refractivity contribution in [3.63, 3.8) is 0 Å². The molecule has 1 amide bonds. The molecule has 0 N–H and O–H groups in total. The van der Waals surface area contributed by atoms with Crippen LogP contribution in [0.15, 0.2) is 0 Å². The molecule has 0 unspecified atom stereocenters. The fourth-order valence-corrected chi connectivity index (χ4v) is 0.615. The van der Waals surface area contributed by atoms with Crippen molar-refractivity contribution in [2.75, 3.05) is 19.0 Å². The van der Waals surface area contributed by atoms with Crippen molar-refractivity contribution < 1.29 is 4.79 Å². The van der Waals surface area contributed by atoms with Gasteiger partial charge in [-0.05, 0) is 0 Å². The van der Waals surface area contributed by atoms with E-state index in [1.165, 1.54) is 4.90 Å². The van der Waals surface area contributed by atoms with Gasteiger partial charge in [0, 0.05) is 0 Å². The highest BCUT2D eigenvalue weighted by atomic mass is 35.5. The Morgan fingerprint density at radius 1 is 1.78 bits per heavy atom. The smallest absolute Gasteiger partial charge is 0.238 e. The van der Waals surface area contributed by atoms with Gasteiger partial charge >= 0.3 is 0 Å². The van der Waals surface area contributed by atoms with Crippen LogP contribution in [0.1, 0.15) is 0 Å². The Hall–Kier alpha value is -0.370. The highest BCUT2D eigenvalue weighted by Gasteiger charge is 2.05. The van der Waals surface area contributed by atoms with E-state index < -0.39 is 0 Å². The van der Waals surface area contributed by atoms with Crippen LogP contribution in [0.5, 0.6) is 0 Å². The summed E-state index contributed by atoms with van der Waals surface area (Å²) in [5, 5.41) is 0. The largest absolute Gasteiger partial charge is 0.334 e. The van der Waals surface area contributed by atoms with Crippen molar-refractivity contribution in [3.05, 3.63) is 13.8 Å². The summed E-state index contributed by atoms with van der Waals surface area (Å²) in [5.41, 5.74) is 0. The Balaban J connectivity index is 3.64. The quantitative estimate of drug-likeness (QED) is 0.426. The van der Waals surface area contributed by atoms with Crippen molar-refractivity contribution in [2.45, 2.75) is 0 Å². The first-order valence-electron chi connectivity index (χ1n) is 2.68. The van der Waals surface area contributed by atoms with Crippen LogP contribution >= 0.6 is 11.6 Å². The molecule has 0 aliphatic heterocycles. The van der Waals surface area contributed by atoms with Crippen molar-refractivity contribution in [1.29, 1.82) is 0 Å². The van der Waals surface area contributed by atoms with E-state index in [9.17, 15) is 4.79 Å². The molecule has 0 atom stereocenters. The lowest BCUT2D eigenvalue weighted by atomic mass is 10.5. The summed E-state index contributed by atoms with van der Waals surface area (Å²) in [4.78, 5) is 12.2. The number of hydrogen-bond donors (Lipinski definition) is 0. The molecule has 0 saturated carbocycles. The summed E-state index contributed by atoms with van der Waals surface area (Å²) in [6.45, 7) is 7.94. The molecule has 0 radical (unpaired) electrons. The molecular formula is C6H10ClNO. The van der Waals surface area contributed by atoms with E-state index in [0.717, 1.165) is 0 Å². The summed E-state index contributed by atoms with van der Waals surface area (Å²) in [7, 11) is 0. The maximum Gasteiger partial charge on any atom is 0.238 e. The third-order valence-electron chi connectivity index (χ3n) is 1.01. The molecule has 0 fully saturated rings. The van der Waals surface area contributed by atoms with E-state index in [0.29, 0.717) is 13.1 Å². The Morgan fingerprint density at radius 3 is 2.44 bits per heavy atom. The van der Waals surface area contributed by atoms with E-state index in [-0.39, 0.29) is 11.8 Å². The highest BCUT2D eigenvalue weighted by Crippen LogP contribution is 1.89. The second-order valence-corrected chi connectivity index (χ2v) is 1.78. The standard InChI is InChI=1S/C6H10ClNO/c1-3-8(4-2)6(9)5-7/h1-5H2. The van der Waals surface area contributed by atoms with Crippen LogP contribution in [0.2, 0.25) is 0 Å². The third-order valence-corrected chi connectivity index (χ3v) is 1.24. The molecule has 0 heterocycles. The van der Waals surface area contributed by atoms with E-state index in [4.69, 9.17) is 11.6 Å². The molecule has 0 saturated heterocycles. The molecule has 0 aromatic rings. The van der Waals surface area contributed by atoms with Gasteiger partial charge in [-0.2, -0.15) is 0 Å². The minimum Gasteiger partial charge on any atom is -0.334 e. The predicted octanol–water partition coefficient (Wildman–Crippen LogP) is 0.722. The molecule has 0 rings (SSSR count). The zero-order chi connectivity index (χ0) is 7.28. The van der Waals surface area contributed by atoms with Gasteiger partial charge in [0.15, 0.2) is 6.54 Å². The van der Waals surface area contributed by atoms with Crippen molar-refractivity contribution in [2.24, 2.45) is 0 Å². The fourth-order valence-electron chi connectivity index (χ4n) is 0.446. The van der Waals surface area contributed by atoms with E-state index in [2.05, 4.69) is 13.8 Å². The maximum absolute atomic E-state index is 10.7. The fraction of sp³-hybridized carbons (Fsp3) is 0.500. The van der Waals surface area contributed by atoms with Crippen molar-refractivity contribution in [1.82, 2.24) is 4.90 Å². The average molecular weight is 148 g/mol. The van der Waals surface area contributed by atoms with Gasteiger partial charge in [-0.1, -0.05) is 0 Å². The van der Waals surface area contributed by atoms with Crippen molar-refractivity contribution >= 4 is 17.5 Å². The SMILES string of the molecule is [CH2+]CN(C[CH2-])C(=O)CCl. The van der Waals surface area contributed by atoms with Crippen LogP contribution in [-0.2, 0) is 4.79 Å². The minimum atomic E-state index is -0.110.